The average molecular weight is 421 g/mol. The number of halogens is 1. The molecule has 0 radical (unpaired) electrons. The fourth-order valence-corrected chi connectivity index (χ4v) is 5.59. The molecule has 1 amide bonds. The van der Waals surface area contributed by atoms with E-state index in [4.69, 9.17) is 11.6 Å². The molecule has 1 N–H and O–H groups in total. The smallest absolute Gasteiger partial charge is 0.255 e. The highest BCUT2D eigenvalue weighted by Crippen LogP contribution is 2.27. The molecule has 28 heavy (non-hydrogen) atoms. The van der Waals surface area contributed by atoms with Crippen LogP contribution in [0.15, 0.2) is 47.4 Å². The van der Waals surface area contributed by atoms with E-state index < -0.39 is 10.0 Å². The maximum absolute atomic E-state index is 13.1. The van der Waals surface area contributed by atoms with Gasteiger partial charge in [-0.15, -0.1) is 0 Å². The number of anilines is 1. The standard InChI is InChI=1S/C21H25ClN2O3S/c1-14-10-15(2)13-24(12-14)28(26,27)18-7-4-6-17(11-18)21(25)23-20-9-5-8-19(22)16(20)3/h4-9,11,14-15H,10,12-13H2,1-3H3,(H,23,25). The first kappa shape index (κ1) is 20.8. The van der Waals surface area contributed by atoms with Crippen LogP contribution < -0.4 is 5.32 Å². The minimum absolute atomic E-state index is 0.143. The molecule has 1 aliphatic rings. The maximum atomic E-state index is 13.1. The first-order valence-corrected chi connectivity index (χ1v) is 11.2. The van der Waals surface area contributed by atoms with Crippen molar-refractivity contribution in [3.8, 4) is 0 Å². The summed E-state index contributed by atoms with van der Waals surface area (Å²) in [6.07, 6.45) is 1.02. The number of benzene rings is 2. The highest BCUT2D eigenvalue weighted by Gasteiger charge is 2.32. The van der Waals surface area contributed by atoms with Crippen molar-refractivity contribution in [2.75, 3.05) is 18.4 Å². The van der Waals surface area contributed by atoms with Gasteiger partial charge in [-0.25, -0.2) is 8.42 Å². The third-order valence-corrected chi connectivity index (χ3v) is 7.32. The number of hydrogen-bond donors (Lipinski definition) is 1. The summed E-state index contributed by atoms with van der Waals surface area (Å²) in [4.78, 5) is 12.8. The van der Waals surface area contributed by atoms with Crippen LogP contribution in [-0.2, 0) is 10.0 Å². The number of piperidine rings is 1. The molecule has 1 heterocycles. The molecular formula is C21H25ClN2O3S. The van der Waals surface area contributed by atoms with E-state index in [-0.39, 0.29) is 10.8 Å². The van der Waals surface area contributed by atoms with Crippen LogP contribution in [0.5, 0.6) is 0 Å². The third kappa shape index (κ3) is 4.40. The Balaban J connectivity index is 1.85. The molecule has 0 spiro atoms. The van der Waals surface area contributed by atoms with Crippen molar-refractivity contribution >= 4 is 33.2 Å². The molecule has 0 aliphatic carbocycles. The van der Waals surface area contributed by atoms with Gasteiger partial charge >= 0.3 is 0 Å². The Labute approximate surface area is 171 Å². The van der Waals surface area contributed by atoms with Gasteiger partial charge in [-0.05, 0) is 61.1 Å². The Morgan fingerprint density at radius 3 is 2.43 bits per heavy atom. The van der Waals surface area contributed by atoms with Gasteiger partial charge in [0.15, 0.2) is 0 Å². The van der Waals surface area contributed by atoms with E-state index >= 15 is 0 Å². The lowest BCUT2D eigenvalue weighted by atomic mass is 9.94. The monoisotopic (exact) mass is 420 g/mol. The van der Waals surface area contributed by atoms with E-state index in [2.05, 4.69) is 19.2 Å². The zero-order chi connectivity index (χ0) is 20.5. The highest BCUT2D eigenvalue weighted by atomic mass is 35.5. The largest absolute Gasteiger partial charge is 0.322 e. The van der Waals surface area contributed by atoms with E-state index in [9.17, 15) is 13.2 Å². The number of amides is 1. The molecule has 2 unspecified atom stereocenters. The SMILES string of the molecule is Cc1c(Cl)cccc1NC(=O)c1cccc(S(=O)(=O)N2CC(C)CC(C)C2)c1. The summed E-state index contributed by atoms with van der Waals surface area (Å²) in [5.41, 5.74) is 1.65. The number of sulfonamides is 1. The molecule has 5 nitrogen and oxygen atoms in total. The van der Waals surface area contributed by atoms with Gasteiger partial charge in [0.1, 0.15) is 0 Å². The molecule has 0 saturated carbocycles. The number of carbonyl (C=O) groups excluding carboxylic acids is 1. The zero-order valence-corrected chi connectivity index (χ0v) is 17.8. The number of nitrogens with one attached hydrogen (secondary N) is 1. The van der Waals surface area contributed by atoms with Gasteiger partial charge in [-0.3, -0.25) is 4.79 Å². The van der Waals surface area contributed by atoms with Gasteiger partial charge in [0.25, 0.3) is 5.91 Å². The highest BCUT2D eigenvalue weighted by molar-refractivity contribution is 7.89. The fourth-order valence-electron chi connectivity index (χ4n) is 3.69. The van der Waals surface area contributed by atoms with Gasteiger partial charge in [0.2, 0.25) is 10.0 Å². The molecule has 2 atom stereocenters. The van der Waals surface area contributed by atoms with Crippen molar-refractivity contribution in [2.24, 2.45) is 11.8 Å². The molecule has 150 valence electrons. The molecule has 1 aliphatic heterocycles. The molecular weight excluding hydrogens is 396 g/mol. The van der Waals surface area contributed by atoms with Crippen molar-refractivity contribution in [1.29, 1.82) is 0 Å². The lowest BCUT2D eigenvalue weighted by Crippen LogP contribution is -2.42. The zero-order valence-electron chi connectivity index (χ0n) is 16.3. The van der Waals surface area contributed by atoms with Gasteiger partial charge in [-0.1, -0.05) is 37.6 Å². The van der Waals surface area contributed by atoms with Crippen LogP contribution in [0.1, 0.15) is 36.2 Å². The van der Waals surface area contributed by atoms with Crippen LogP contribution in [0, 0.1) is 18.8 Å². The summed E-state index contributed by atoms with van der Waals surface area (Å²) in [5, 5.41) is 3.37. The summed E-state index contributed by atoms with van der Waals surface area (Å²) in [7, 11) is -3.64. The average Bonchev–Trinajstić information content (AvgIpc) is 2.64. The lowest BCUT2D eigenvalue weighted by molar-refractivity contribution is 0.102. The normalized spacial score (nSPS) is 20.7. The second kappa shape index (κ2) is 8.23. The van der Waals surface area contributed by atoms with Crippen molar-refractivity contribution in [2.45, 2.75) is 32.1 Å². The first-order chi connectivity index (χ1) is 13.2. The van der Waals surface area contributed by atoms with Crippen molar-refractivity contribution in [3.63, 3.8) is 0 Å². The molecule has 2 aromatic carbocycles. The minimum atomic E-state index is -3.64. The van der Waals surface area contributed by atoms with Gasteiger partial charge in [0, 0.05) is 29.4 Å². The van der Waals surface area contributed by atoms with Crippen molar-refractivity contribution < 1.29 is 13.2 Å². The van der Waals surface area contributed by atoms with Crippen LogP contribution in [0.3, 0.4) is 0 Å². The van der Waals surface area contributed by atoms with Crippen LogP contribution in [0.2, 0.25) is 5.02 Å². The Kier molecular flexibility index (Phi) is 6.12. The summed E-state index contributed by atoms with van der Waals surface area (Å²) in [5.74, 6) is 0.259. The van der Waals surface area contributed by atoms with E-state index in [1.165, 1.54) is 10.4 Å². The lowest BCUT2D eigenvalue weighted by Gasteiger charge is -2.34. The fraction of sp³-hybridized carbons (Fsp3) is 0.381. The summed E-state index contributed by atoms with van der Waals surface area (Å²) >= 11 is 6.10. The Hall–Kier alpha value is -1.89. The second-order valence-corrected chi connectivity index (χ2v) is 10.0. The van der Waals surface area contributed by atoms with Gasteiger partial charge in [-0.2, -0.15) is 4.31 Å². The Bertz CT molecular complexity index is 981. The number of rotatable bonds is 4. The molecule has 3 rings (SSSR count). The number of nitrogens with zero attached hydrogens (tertiary/aromatic N) is 1. The molecule has 0 bridgehead atoms. The van der Waals surface area contributed by atoms with Crippen molar-refractivity contribution in [3.05, 3.63) is 58.6 Å². The second-order valence-electron chi connectivity index (χ2n) is 7.66. The van der Waals surface area contributed by atoms with Crippen LogP contribution >= 0.6 is 11.6 Å². The molecule has 7 heteroatoms. The van der Waals surface area contributed by atoms with Gasteiger partial charge < -0.3 is 5.32 Å². The number of hydrogen-bond acceptors (Lipinski definition) is 3. The van der Waals surface area contributed by atoms with Crippen LogP contribution in [0.25, 0.3) is 0 Å². The minimum Gasteiger partial charge on any atom is -0.322 e. The summed E-state index contributed by atoms with van der Waals surface area (Å²) < 4.78 is 27.7. The van der Waals surface area contributed by atoms with E-state index in [1.807, 2.05) is 6.92 Å². The maximum Gasteiger partial charge on any atom is 0.255 e. The predicted molar refractivity (Wildman–Crippen MR) is 112 cm³/mol. The topological polar surface area (TPSA) is 66.5 Å². The quantitative estimate of drug-likeness (QED) is 0.787. The van der Waals surface area contributed by atoms with E-state index in [0.29, 0.717) is 41.2 Å². The van der Waals surface area contributed by atoms with Crippen LogP contribution in [0.4, 0.5) is 5.69 Å². The van der Waals surface area contributed by atoms with Crippen LogP contribution in [-0.4, -0.2) is 31.7 Å². The number of carbonyl (C=O) groups is 1. The molecule has 0 aromatic heterocycles. The Morgan fingerprint density at radius 2 is 1.75 bits per heavy atom. The third-order valence-electron chi connectivity index (χ3n) is 5.09. The predicted octanol–water partition coefficient (Wildman–Crippen LogP) is 4.57. The first-order valence-electron chi connectivity index (χ1n) is 9.35. The van der Waals surface area contributed by atoms with Gasteiger partial charge in [0.05, 0.1) is 4.90 Å². The van der Waals surface area contributed by atoms with E-state index in [1.54, 1.807) is 36.4 Å². The summed E-state index contributed by atoms with van der Waals surface area (Å²) in [6.45, 7) is 6.96. The molecule has 1 fully saturated rings. The van der Waals surface area contributed by atoms with Crippen molar-refractivity contribution in [1.82, 2.24) is 4.31 Å². The Morgan fingerprint density at radius 1 is 1.11 bits per heavy atom. The molecule has 1 saturated heterocycles. The summed E-state index contributed by atoms with van der Waals surface area (Å²) in [6, 6.07) is 11.5. The molecule has 2 aromatic rings. The van der Waals surface area contributed by atoms with E-state index in [0.717, 1.165) is 12.0 Å².